The molecule has 2 bridgehead atoms. The molecule has 0 atom stereocenters. The van der Waals surface area contributed by atoms with Crippen LogP contribution in [0, 0.1) is 0 Å². The van der Waals surface area contributed by atoms with Crippen LogP contribution in [0.1, 0.15) is 11.1 Å². The van der Waals surface area contributed by atoms with Crippen molar-refractivity contribution < 1.29 is 0 Å². The van der Waals surface area contributed by atoms with Gasteiger partial charge < -0.3 is 0 Å². The molecule has 13 heteroatoms. The number of hydrogen-bond acceptors (Lipinski definition) is 1. The van der Waals surface area contributed by atoms with Gasteiger partial charge in [-0.25, -0.2) is 0 Å². The molecule has 7 saturated heterocycles. The summed E-state index contributed by atoms with van der Waals surface area (Å²) in [7, 11) is 2.72. The summed E-state index contributed by atoms with van der Waals surface area (Å²) in [6.07, 6.45) is 2.39. The summed E-state index contributed by atoms with van der Waals surface area (Å²) in [4.78, 5) is 4.71. The van der Waals surface area contributed by atoms with Crippen LogP contribution in [-0.2, 0) is 6.42 Å². The second kappa shape index (κ2) is 5.02. The molecule has 0 saturated carbocycles. The molecule has 1 aromatic heterocycles. The first-order chi connectivity index (χ1) is 18.7. The topological polar surface area (TPSA) is 17.0 Å². The molecule has 5 aromatic rings. The normalized spacial score (nSPS) is 27.3. The zero-order valence-corrected chi connectivity index (χ0v) is 22.5. The van der Waals surface area contributed by atoms with E-state index in [1.165, 1.54) is 33.0 Å². The Hall–Kier alpha value is -1.92. The predicted octanol–water partition coefficient (Wildman–Crippen LogP) is 0.873. The van der Waals surface area contributed by atoms with Crippen molar-refractivity contribution in [2.75, 3.05) is 0 Å². The number of benzene rings is 4. The number of rotatable bonds is 3. The van der Waals surface area contributed by atoms with E-state index in [0.717, 1.165) is 37.5 Å². The van der Waals surface area contributed by atoms with Gasteiger partial charge in [-0.2, -0.15) is 0 Å². The Balaban J connectivity index is 1.13. The summed E-state index contributed by atoms with van der Waals surface area (Å²) in [6.45, 7) is 5.86. The van der Waals surface area contributed by atoms with Gasteiger partial charge in [0.05, 0.1) is 0 Å². The minimum atomic E-state index is -1.95. The SMILES string of the molecule is [B]1B2B3[B-]P123NP12(c3cccc4c3Cc3ccc5c6ccccc6n6c5c3B4c3ccccc3-6)B3[B-]B1B32. The van der Waals surface area contributed by atoms with Crippen LogP contribution in [-0.4, -0.2) is 63.2 Å². The quantitative estimate of drug-likeness (QED) is 0.280. The molecule has 0 aliphatic carbocycles. The molecule has 4 aromatic carbocycles. The number of nitrogens with zero attached hydrogens (tertiary/aromatic N) is 1. The van der Waals surface area contributed by atoms with Gasteiger partial charge in [-0.05, 0) is 0 Å². The van der Waals surface area contributed by atoms with E-state index in [1.807, 2.05) is 5.30 Å². The summed E-state index contributed by atoms with van der Waals surface area (Å²) < 4.78 is 2.57. The van der Waals surface area contributed by atoms with E-state index in [4.69, 9.17) is 4.86 Å². The van der Waals surface area contributed by atoms with Gasteiger partial charge in [-0.1, -0.05) is 0 Å². The average molecular weight is 504 g/mol. The molecule has 7 fully saturated rings. The molecule has 0 amide bonds. The molecule has 1 N–H and O–H groups in total. The Labute approximate surface area is 225 Å². The summed E-state index contributed by atoms with van der Waals surface area (Å²) in [6, 6.07) is 30.7. The van der Waals surface area contributed by atoms with Gasteiger partial charge >= 0.3 is 226 Å². The Morgan fingerprint density at radius 1 is 0.842 bits per heavy atom. The first kappa shape index (κ1) is 19.2. The van der Waals surface area contributed by atoms with Crippen molar-refractivity contribution in [1.29, 1.82) is 0 Å². The molecule has 9 aliphatic rings. The van der Waals surface area contributed by atoms with Crippen molar-refractivity contribution in [3.8, 4) is 5.69 Å². The Morgan fingerprint density at radius 3 is 2.45 bits per heavy atom. The van der Waals surface area contributed by atoms with Crippen LogP contribution in [0.2, 0.25) is 0 Å². The summed E-state index contributed by atoms with van der Waals surface area (Å²) >= 11 is 0. The molecule has 5 radical (unpaired) electrons. The maximum atomic E-state index is 4.71. The van der Waals surface area contributed by atoms with Gasteiger partial charge in [-0.15, -0.1) is 0 Å². The number of para-hydroxylation sites is 2. The summed E-state index contributed by atoms with van der Waals surface area (Å²) in [5.41, 5.74) is 12.1. The zero-order valence-electron chi connectivity index (χ0n) is 20.8. The average Bonchev–Trinajstić information content (AvgIpc) is 3.89. The van der Waals surface area contributed by atoms with Crippen molar-refractivity contribution in [2.45, 2.75) is 6.42 Å². The summed E-state index contributed by atoms with van der Waals surface area (Å²) in [5, 5.41) is 4.60. The van der Waals surface area contributed by atoms with E-state index >= 15 is 0 Å². The second-order valence-electron chi connectivity index (χ2n) is 13.7. The monoisotopic (exact) mass is 505 g/mol. The molecule has 0 unspecified atom stereocenters. The Bertz CT molecular complexity index is 2110. The Morgan fingerprint density at radius 2 is 1.66 bits per heavy atom. The van der Waals surface area contributed by atoms with Gasteiger partial charge in [0.25, 0.3) is 0 Å². The van der Waals surface area contributed by atoms with Crippen molar-refractivity contribution in [3.63, 3.8) is 0 Å². The van der Waals surface area contributed by atoms with Gasteiger partial charge in [0, 0.05) is 0 Å². The summed E-state index contributed by atoms with van der Waals surface area (Å²) in [5.74, 6) is 0. The molecule has 38 heavy (non-hydrogen) atoms. The van der Waals surface area contributed by atoms with Crippen molar-refractivity contribution >= 4 is 115 Å². The number of fused-ring (bicyclic) bond motifs is 9. The van der Waals surface area contributed by atoms with Crippen molar-refractivity contribution in [2.24, 2.45) is 0 Å². The predicted molar refractivity (Wildman–Crippen MR) is 177 cm³/mol. The van der Waals surface area contributed by atoms with E-state index in [9.17, 15) is 0 Å². The van der Waals surface area contributed by atoms with Gasteiger partial charge in [0.2, 0.25) is 0 Å². The van der Waals surface area contributed by atoms with E-state index in [-0.39, 0.29) is 0 Å². The molecule has 2 nitrogen and oxygen atoms in total. The third kappa shape index (κ3) is 1.51. The van der Waals surface area contributed by atoms with E-state index in [1.54, 1.807) is 22.1 Å². The zero-order chi connectivity index (χ0) is 24.0. The number of nitrogens with one attached hydrogen (secondary N) is 1. The fourth-order valence-electron chi connectivity index (χ4n) is 10.7. The molecule has 9 aliphatic heterocycles. The molecular weight excluding hydrogens is 488 g/mol. The van der Waals surface area contributed by atoms with Crippen LogP contribution in [0.15, 0.2) is 78.9 Å². The fourth-order valence-corrected chi connectivity index (χ4v) is 30.2. The van der Waals surface area contributed by atoms with Gasteiger partial charge in [0.1, 0.15) is 0 Å². The van der Waals surface area contributed by atoms with Crippen LogP contribution >= 0.6 is 12.7 Å². The van der Waals surface area contributed by atoms with E-state index in [0.29, 0.717) is 6.71 Å². The second-order valence-corrected chi connectivity index (χ2v) is 24.0. The van der Waals surface area contributed by atoms with Crippen LogP contribution in [0.4, 0.5) is 0 Å². The third-order valence-corrected chi connectivity index (χ3v) is 27.3. The number of hydrogen-bond donors (Lipinski definition) is 1. The van der Waals surface area contributed by atoms with Crippen LogP contribution in [0.5, 0.6) is 0 Å². The fraction of sp³-hybridized carbons (Fsp3) is 0.0400. The maximum absolute atomic E-state index is 4.71. The van der Waals surface area contributed by atoms with Crippen LogP contribution in [0.3, 0.4) is 0 Å². The van der Waals surface area contributed by atoms with E-state index in [2.05, 4.69) is 104 Å². The van der Waals surface area contributed by atoms with Crippen LogP contribution < -0.4 is 26.6 Å². The third-order valence-electron chi connectivity index (χ3n) is 12.8. The molecule has 10 heterocycles. The minimum absolute atomic E-state index is 0.330. The number of aromatic nitrogens is 1. The van der Waals surface area contributed by atoms with Crippen molar-refractivity contribution in [1.82, 2.24) is 9.42 Å². The first-order valence-electron chi connectivity index (χ1n) is 14.4. The molecule has 1 spiro atoms. The van der Waals surface area contributed by atoms with Crippen LogP contribution in [0.25, 0.3) is 27.5 Å². The standard InChI is InChI=1S/C25H16B9N2P2/c1-3-9-21-16(6-1)17-13-12-15-14-18-19(29-20-7-2-4-10-22(20)36(21)25(17)24(15)29)8-5-11-23(18)37(30-26-31(37)34(30)37)35-38-27-32(38)33(38)28-38/h1-13,35H,14H2/q-2. The van der Waals surface area contributed by atoms with Gasteiger partial charge in [-0.3, -0.25) is 0 Å². The van der Waals surface area contributed by atoms with Gasteiger partial charge in [0.15, 0.2) is 0 Å². The van der Waals surface area contributed by atoms with E-state index < -0.39 is 12.7 Å². The molecule has 14 rings (SSSR count). The first-order valence-corrected chi connectivity index (χ1v) is 19.3. The van der Waals surface area contributed by atoms with Crippen molar-refractivity contribution in [3.05, 3.63) is 90.0 Å². The molecule has 165 valence electrons. The Kier molecular flexibility index (Phi) is 2.54. The molecular formula is C25H16B9N2P2-2.